The first-order valence-electron chi connectivity index (χ1n) is 10.7. The highest BCUT2D eigenvalue weighted by Gasteiger charge is 2.53. The van der Waals surface area contributed by atoms with Gasteiger partial charge in [0.05, 0.1) is 18.6 Å². The van der Waals surface area contributed by atoms with Gasteiger partial charge in [0, 0.05) is 38.8 Å². The summed E-state index contributed by atoms with van der Waals surface area (Å²) in [4.78, 5) is 18.4. The van der Waals surface area contributed by atoms with Gasteiger partial charge in [-0.1, -0.05) is 30.3 Å². The van der Waals surface area contributed by atoms with Gasteiger partial charge in [-0.15, -0.1) is 12.4 Å². The van der Waals surface area contributed by atoms with Gasteiger partial charge in [-0.05, 0) is 44.2 Å². The van der Waals surface area contributed by atoms with E-state index in [1.54, 1.807) is 0 Å². The Bertz CT molecular complexity index is 611. The fourth-order valence-corrected chi connectivity index (χ4v) is 4.62. The number of nitrogens with one attached hydrogen (secondary N) is 1. The van der Waals surface area contributed by atoms with Crippen LogP contribution in [0.1, 0.15) is 37.7 Å². The van der Waals surface area contributed by atoms with Crippen LogP contribution in [0, 0.1) is 0 Å². The standard InChI is InChI=1S/C22H33N3O2.ClH/c26-21(22(9-10-22)19-6-2-1-3-7-19)25(20-8-4-11-23-18-20)13-5-12-24-14-16-27-17-15-24;/h1-3,6-7,20,23H,4-5,8-18H2;1H. The van der Waals surface area contributed by atoms with Gasteiger partial charge in [-0.2, -0.15) is 0 Å². The number of piperidine rings is 1. The smallest absolute Gasteiger partial charge is 0.233 e. The van der Waals surface area contributed by atoms with Crippen LogP contribution in [0.2, 0.25) is 0 Å². The molecule has 6 heteroatoms. The number of rotatable bonds is 7. The van der Waals surface area contributed by atoms with Crippen LogP contribution in [0.4, 0.5) is 0 Å². The van der Waals surface area contributed by atoms with Gasteiger partial charge in [0.15, 0.2) is 0 Å². The van der Waals surface area contributed by atoms with Crippen molar-refractivity contribution in [1.29, 1.82) is 0 Å². The van der Waals surface area contributed by atoms with E-state index in [2.05, 4.69) is 39.4 Å². The molecule has 0 aromatic heterocycles. The number of hydrogen-bond donors (Lipinski definition) is 1. The van der Waals surface area contributed by atoms with Crippen LogP contribution >= 0.6 is 12.4 Å². The zero-order valence-corrected chi connectivity index (χ0v) is 17.6. The molecule has 1 saturated carbocycles. The van der Waals surface area contributed by atoms with Crippen molar-refractivity contribution in [2.45, 2.75) is 43.6 Å². The van der Waals surface area contributed by atoms with Crippen molar-refractivity contribution in [1.82, 2.24) is 15.1 Å². The summed E-state index contributed by atoms with van der Waals surface area (Å²) in [7, 11) is 0. The van der Waals surface area contributed by atoms with Gasteiger partial charge >= 0.3 is 0 Å². The van der Waals surface area contributed by atoms with Crippen LogP contribution in [-0.2, 0) is 14.9 Å². The molecule has 1 N–H and O–H groups in total. The Morgan fingerprint density at radius 1 is 1.21 bits per heavy atom. The molecule has 0 bridgehead atoms. The second kappa shape index (κ2) is 10.1. The summed E-state index contributed by atoms with van der Waals surface area (Å²) in [5, 5.41) is 3.50. The highest BCUT2D eigenvalue weighted by molar-refractivity contribution is 5.91. The molecule has 3 aliphatic rings. The Morgan fingerprint density at radius 2 is 1.96 bits per heavy atom. The van der Waals surface area contributed by atoms with Crippen molar-refractivity contribution >= 4 is 18.3 Å². The lowest BCUT2D eigenvalue weighted by Gasteiger charge is -2.38. The van der Waals surface area contributed by atoms with Crippen LogP contribution < -0.4 is 5.32 Å². The summed E-state index contributed by atoms with van der Waals surface area (Å²) >= 11 is 0. The highest BCUT2D eigenvalue weighted by atomic mass is 35.5. The molecule has 1 atom stereocenters. The second-order valence-corrected chi connectivity index (χ2v) is 8.25. The lowest BCUT2D eigenvalue weighted by atomic mass is 9.92. The minimum Gasteiger partial charge on any atom is -0.379 e. The molecule has 0 spiro atoms. The maximum absolute atomic E-state index is 13.7. The molecule has 3 fully saturated rings. The number of hydrogen-bond acceptors (Lipinski definition) is 4. The first kappa shape index (κ1) is 21.6. The Morgan fingerprint density at radius 3 is 2.61 bits per heavy atom. The molecule has 2 saturated heterocycles. The molecular weight excluding hydrogens is 374 g/mol. The number of benzene rings is 1. The molecule has 5 nitrogen and oxygen atoms in total. The second-order valence-electron chi connectivity index (χ2n) is 8.25. The first-order chi connectivity index (χ1) is 13.3. The topological polar surface area (TPSA) is 44.8 Å². The van der Waals surface area contributed by atoms with Crippen LogP contribution in [0.15, 0.2) is 30.3 Å². The quantitative estimate of drug-likeness (QED) is 0.754. The summed E-state index contributed by atoms with van der Waals surface area (Å²) in [6.45, 7) is 7.67. The van der Waals surface area contributed by atoms with E-state index in [1.807, 2.05) is 6.07 Å². The monoisotopic (exact) mass is 407 g/mol. The lowest BCUT2D eigenvalue weighted by molar-refractivity contribution is -0.137. The number of carbonyl (C=O) groups is 1. The summed E-state index contributed by atoms with van der Waals surface area (Å²) in [6, 6.07) is 10.8. The number of amides is 1. The first-order valence-corrected chi connectivity index (χ1v) is 10.7. The van der Waals surface area contributed by atoms with E-state index >= 15 is 0 Å². The van der Waals surface area contributed by atoms with Crippen molar-refractivity contribution in [3.63, 3.8) is 0 Å². The molecule has 2 aliphatic heterocycles. The number of morpholine rings is 1. The van der Waals surface area contributed by atoms with Crippen molar-refractivity contribution < 1.29 is 9.53 Å². The molecule has 156 valence electrons. The normalized spacial score (nSPS) is 24.2. The van der Waals surface area contributed by atoms with Crippen molar-refractivity contribution in [3.8, 4) is 0 Å². The molecule has 1 aromatic carbocycles. The van der Waals surface area contributed by atoms with Crippen molar-refractivity contribution in [2.75, 3.05) is 52.5 Å². The molecule has 1 amide bonds. The van der Waals surface area contributed by atoms with Crippen LogP contribution in [0.25, 0.3) is 0 Å². The van der Waals surface area contributed by atoms with Gasteiger partial charge in [-0.25, -0.2) is 0 Å². The summed E-state index contributed by atoms with van der Waals surface area (Å²) in [5.74, 6) is 0.365. The van der Waals surface area contributed by atoms with Crippen molar-refractivity contribution in [3.05, 3.63) is 35.9 Å². The molecule has 2 heterocycles. The third-order valence-electron chi connectivity index (χ3n) is 6.44. The maximum Gasteiger partial charge on any atom is 0.233 e. The minimum absolute atomic E-state index is 0. The minimum atomic E-state index is -0.252. The SMILES string of the molecule is Cl.O=C(N(CCCN1CCOCC1)C1CCCNC1)C1(c2ccccc2)CC1. The van der Waals surface area contributed by atoms with Gasteiger partial charge in [-0.3, -0.25) is 9.69 Å². The predicted octanol–water partition coefficient (Wildman–Crippen LogP) is 2.44. The fraction of sp³-hybridized carbons (Fsp3) is 0.682. The number of ether oxygens (including phenoxy) is 1. The highest BCUT2D eigenvalue weighted by Crippen LogP contribution is 2.50. The summed E-state index contributed by atoms with van der Waals surface area (Å²) < 4.78 is 5.45. The van der Waals surface area contributed by atoms with E-state index in [9.17, 15) is 4.79 Å². The van der Waals surface area contributed by atoms with Crippen molar-refractivity contribution in [2.24, 2.45) is 0 Å². The molecule has 0 radical (unpaired) electrons. The van der Waals surface area contributed by atoms with Gasteiger partial charge in [0.25, 0.3) is 0 Å². The van der Waals surface area contributed by atoms with Gasteiger partial charge in [0.1, 0.15) is 0 Å². The van der Waals surface area contributed by atoms with Crippen LogP contribution in [-0.4, -0.2) is 74.2 Å². The largest absolute Gasteiger partial charge is 0.379 e. The Balaban J connectivity index is 0.00000225. The Labute approximate surface area is 175 Å². The predicted molar refractivity (Wildman–Crippen MR) is 114 cm³/mol. The Hall–Kier alpha value is -1.14. The average Bonchev–Trinajstić information content (AvgIpc) is 3.55. The molecular formula is C22H34ClN3O2. The van der Waals surface area contributed by atoms with E-state index in [0.717, 1.165) is 84.6 Å². The van der Waals surface area contributed by atoms with E-state index in [1.165, 1.54) is 5.56 Å². The third-order valence-corrected chi connectivity index (χ3v) is 6.44. The number of halogens is 1. The zero-order valence-electron chi connectivity index (χ0n) is 16.8. The average molecular weight is 408 g/mol. The number of nitrogens with zero attached hydrogens (tertiary/aromatic N) is 2. The fourth-order valence-electron chi connectivity index (χ4n) is 4.62. The zero-order chi connectivity index (χ0) is 18.5. The molecule has 1 aromatic rings. The maximum atomic E-state index is 13.7. The van der Waals surface area contributed by atoms with E-state index in [4.69, 9.17) is 4.74 Å². The Kier molecular flexibility index (Phi) is 7.75. The molecule has 1 aliphatic carbocycles. The van der Waals surface area contributed by atoms with E-state index in [0.29, 0.717) is 11.9 Å². The van der Waals surface area contributed by atoms with E-state index < -0.39 is 0 Å². The number of carbonyl (C=O) groups excluding carboxylic acids is 1. The third kappa shape index (κ3) is 4.88. The molecule has 28 heavy (non-hydrogen) atoms. The van der Waals surface area contributed by atoms with Gasteiger partial charge in [0.2, 0.25) is 5.91 Å². The van der Waals surface area contributed by atoms with E-state index in [-0.39, 0.29) is 17.8 Å². The lowest BCUT2D eigenvalue weighted by Crippen LogP contribution is -2.52. The molecule has 1 unspecified atom stereocenters. The summed E-state index contributed by atoms with van der Waals surface area (Å²) in [6.07, 6.45) is 5.33. The van der Waals surface area contributed by atoms with Crippen LogP contribution in [0.3, 0.4) is 0 Å². The van der Waals surface area contributed by atoms with Gasteiger partial charge < -0.3 is 15.0 Å². The van der Waals surface area contributed by atoms with Crippen LogP contribution in [0.5, 0.6) is 0 Å². The molecule has 4 rings (SSSR count). The summed E-state index contributed by atoms with van der Waals surface area (Å²) in [5.41, 5.74) is 0.953.